The zero-order valence-electron chi connectivity index (χ0n) is 12.1. The van der Waals surface area contributed by atoms with Crippen molar-refractivity contribution in [2.24, 2.45) is 0 Å². The van der Waals surface area contributed by atoms with Gasteiger partial charge in [0.05, 0.1) is 12.1 Å². The van der Waals surface area contributed by atoms with E-state index in [9.17, 15) is 14.7 Å². The van der Waals surface area contributed by atoms with E-state index in [0.29, 0.717) is 18.1 Å². The molecular weight excluding hydrogens is 290 g/mol. The predicted octanol–water partition coefficient (Wildman–Crippen LogP) is 2.44. The molecule has 0 saturated carbocycles. The second-order valence-electron chi connectivity index (χ2n) is 5.71. The Morgan fingerprint density at radius 1 is 1.43 bits per heavy atom. The molecule has 0 aliphatic carbocycles. The minimum atomic E-state index is -0.991. The van der Waals surface area contributed by atoms with Gasteiger partial charge in [-0.2, -0.15) is 0 Å². The third-order valence-corrected chi connectivity index (χ3v) is 3.59. The number of H-pyrrole nitrogens is 1. The number of aromatic amines is 1. The third-order valence-electron chi connectivity index (χ3n) is 2.87. The van der Waals surface area contributed by atoms with E-state index < -0.39 is 5.97 Å². The molecule has 0 atom stereocenters. The molecule has 112 valence electrons. The predicted molar refractivity (Wildman–Crippen MR) is 82.2 cm³/mol. The van der Waals surface area contributed by atoms with E-state index in [4.69, 9.17) is 0 Å². The number of nitrogens with one attached hydrogen (secondary N) is 2. The monoisotopic (exact) mass is 307 g/mol. The van der Waals surface area contributed by atoms with Gasteiger partial charge in [-0.05, 0) is 12.1 Å². The topological polar surface area (TPSA) is 95.1 Å². The van der Waals surface area contributed by atoms with Crippen LogP contribution in [0.1, 0.15) is 42.5 Å². The second kappa shape index (κ2) is 5.69. The molecular formula is C14H17N3O3S. The van der Waals surface area contributed by atoms with Crippen LogP contribution >= 0.6 is 11.3 Å². The molecule has 0 radical (unpaired) electrons. The zero-order chi connectivity index (χ0) is 15.6. The summed E-state index contributed by atoms with van der Waals surface area (Å²) in [4.78, 5) is 29.3. The largest absolute Gasteiger partial charge is 0.478 e. The Labute approximate surface area is 125 Å². The van der Waals surface area contributed by atoms with Crippen molar-refractivity contribution in [1.29, 1.82) is 0 Å². The number of pyridine rings is 1. The van der Waals surface area contributed by atoms with Crippen LogP contribution in [0.15, 0.2) is 22.3 Å². The fourth-order valence-corrected chi connectivity index (χ4v) is 2.30. The van der Waals surface area contributed by atoms with Crippen LogP contribution in [-0.4, -0.2) is 21.0 Å². The minimum absolute atomic E-state index is 0.116. The van der Waals surface area contributed by atoms with Crippen molar-refractivity contribution in [3.05, 3.63) is 44.1 Å². The summed E-state index contributed by atoms with van der Waals surface area (Å²) in [5.74, 6) is -0.512. The van der Waals surface area contributed by atoms with Gasteiger partial charge in [-0.25, -0.2) is 9.78 Å². The van der Waals surface area contributed by atoms with Crippen LogP contribution < -0.4 is 10.2 Å². The van der Waals surface area contributed by atoms with E-state index in [1.807, 2.05) is 20.8 Å². The molecule has 0 aromatic carbocycles. The van der Waals surface area contributed by atoms with Gasteiger partial charge in [0.25, 0.3) is 0 Å². The maximum absolute atomic E-state index is 11.2. The number of thiazole rings is 1. The summed E-state index contributed by atoms with van der Waals surface area (Å²) in [7, 11) is 0. The average Bonchev–Trinajstić information content (AvgIpc) is 2.81. The SMILES string of the molecule is CC(C)(C)c1cc(C(=O)O)cc(NCc2csc(=O)[nH]2)n1. The van der Waals surface area contributed by atoms with Crippen LogP contribution in [0.4, 0.5) is 5.82 Å². The number of rotatable bonds is 4. The summed E-state index contributed by atoms with van der Waals surface area (Å²) in [5, 5.41) is 14.0. The highest BCUT2D eigenvalue weighted by Gasteiger charge is 2.19. The fourth-order valence-electron chi connectivity index (χ4n) is 1.72. The van der Waals surface area contributed by atoms with E-state index in [-0.39, 0.29) is 15.9 Å². The number of anilines is 1. The normalized spacial score (nSPS) is 11.4. The van der Waals surface area contributed by atoms with Crippen LogP contribution in [0.2, 0.25) is 0 Å². The number of carboxylic acid groups (broad SMARTS) is 1. The van der Waals surface area contributed by atoms with Gasteiger partial charge in [-0.15, -0.1) is 0 Å². The lowest BCUT2D eigenvalue weighted by atomic mass is 9.91. The van der Waals surface area contributed by atoms with Crippen molar-refractivity contribution in [3.8, 4) is 0 Å². The Bertz CT molecular complexity index is 713. The first-order chi connectivity index (χ1) is 9.75. The van der Waals surface area contributed by atoms with Gasteiger partial charge in [0.1, 0.15) is 5.82 Å². The molecule has 7 heteroatoms. The first-order valence-corrected chi connectivity index (χ1v) is 7.30. The molecule has 2 aromatic heterocycles. The lowest BCUT2D eigenvalue weighted by Gasteiger charge is -2.19. The Morgan fingerprint density at radius 2 is 2.14 bits per heavy atom. The number of aromatic nitrogens is 2. The van der Waals surface area contributed by atoms with Gasteiger partial charge in [0.2, 0.25) is 0 Å². The molecule has 2 aromatic rings. The molecule has 0 saturated heterocycles. The van der Waals surface area contributed by atoms with Crippen molar-refractivity contribution in [2.75, 3.05) is 5.32 Å². The van der Waals surface area contributed by atoms with Gasteiger partial charge in [0.15, 0.2) is 0 Å². The van der Waals surface area contributed by atoms with Crippen molar-refractivity contribution in [1.82, 2.24) is 9.97 Å². The quantitative estimate of drug-likeness (QED) is 0.806. The number of carbonyl (C=O) groups is 1. The highest BCUT2D eigenvalue weighted by molar-refractivity contribution is 7.07. The molecule has 0 aliphatic rings. The van der Waals surface area contributed by atoms with E-state index in [1.165, 1.54) is 6.07 Å². The maximum atomic E-state index is 11.2. The van der Waals surface area contributed by atoms with Crippen molar-refractivity contribution < 1.29 is 9.90 Å². The number of nitrogens with zero attached hydrogens (tertiary/aromatic N) is 1. The fraction of sp³-hybridized carbons (Fsp3) is 0.357. The molecule has 0 bridgehead atoms. The number of carboxylic acids is 1. The van der Waals surface area contributed by atoms with Crippen molar-refractivity contribution in [2.45, 2.75) is 32.7 Å². The zero-order valence-corrected chi connectivity index (χ0v) is 12.9. The molecule has 0 spiro atoms. The molecule has 6 nitrogen and oxygen atoms in total. The lowest BCUT2D eigenvalue weighted by Crippen LogP contribution is -2.16. The third kappa shape index (κ3) is 3.91. The minimum Gasteiger partial charge on any atom is -0.478 e. The summed E-state index contributed by atoms with van der Waals surface area (Å²) >= 11 is 1.09. The molecule has 2 heterocycles. The van der Waals surface area contributed by atoms with E-state index in [1.54, 1.807) is 11.4 Å². The smallest absolute Gasteiger partial charge is 0.335 e. The Hall–Kier alpha value is -2.15. The molecule has 0 aliphatic heterocycles. The number of hydrogen-bond acceptors (Lipinski definition) is 5. The van der Waals surface area contributed by atoms with Crippen LogP contribution in [-0.2, 0) is 12.0 Å². The second-order valence-corrected chi connectivity index (χ2v) is 6.55. The maximum Gasteiger partial charge on any atom is 0.335 e. The first-order valence-electron chi connectivity index (χ1n) is 6.42. The van der Waals surface area contributed by atoms with Crippen LogP contribution in [0.25, 0.3) is 0 Å². The Balaban J connectivity index is 2.27. The van der Waals surface area contributed by atoms with Crippen LogP contribution in [0.5, 0.6) is 0 Å². The highest BCUT2D eigenvalue weighted by atomic mass is 32.1. The molecule has 2 rings (SSSR count). The van der Waals surface area contributed by atoms with Gasteiger partial charge in [0, 0.05) is 22.2 Å². The van der Waals surface area contributed by atoms with E-state index in [0.717, 1.165) is 17.0 Å². The molecule has 0 amide bonds. The van der Waals surface area contributed by atoms with Crippen molar-refractivity contribution >= 4 is 23.1 Å². The summed E-state index contributed by atoms with van der Waals surface area (Å²) in [6.45, 7) is 6.31. The first kappa shape index (κ1) is 15.2. The summed E-state index contributed by atoms with van der Waals surface area (Å²) in [6, 6.07) is 3.07. The van der Waals surface area contributed by atoms with Gasteiger partial charge in [-0.1, -0.05) is 32.1 Å². The highest BCUT2D eigenvalue weighted by Crippen LogP contribution is 2.23. The van der Waals surface area contributed by atoms with E-state index >= 15 is 0 Å². The van der Waals surface area contributed by atoms with Crippen molar-refractivity contribution in [3.63, 3.8) is 0 Å². The molecule has 3 N–H and O–H groups in total. The number of aromatic carboxylic acids is 1. The average molecular weight is 307 g/mol. The Morgan fingerprint density at radius 3 is 2.67 bits per heavy atom. The molecule has 21 heavy (non-hydrogen) atoms. The molecule has 0 unspecified atom stereocenters. The lowest BCUT2D eigenvalue weighted by molar-refractivity contribution is 0.0696. The molecule has 0 fully saturated rings. The summed E-state index contributed by atoms with van der Waals surface area (Å²) < 4.78 is 0. The van der Waals surface area contributed by atoms with E-state index in [2.05, 4.69) is 15.3 Å². The summed E-state index contributed by atoms with van der Waals surface area (Å²) in [6.07, 6.45) is 0. The standard InChI is InChI=1S/C14H17N3O3S/c1-14(2,3)10-4-8(12(18)19)5-11(17-10)15-6-9-7-21-13(20)16-9/h4-5,7H,6H2,1-3H3,(H,15,17)(H,16,20)(H,18,19). The van der Waals surface area contributed by atoms with Gasteiger partial charge >= 0.3 is 10.8 Å². The van der Waals surface area contributed by atoms with Crippen LogP contribution in [0.3, 0.4) is 0 Å². The van der Waals surface area contributed by atoms with Crippen LogP contribution in [0, 0.1) is 0 Å². The van der Waals surface area contributed by atoms with Gasteiger partial charge in [-0.3, -0.25) is 4.79 Å². The Kier molecular flexibility index (Phi) is 4.13. The van der Waals surface area contributed by atoms with Gasteiger partial charge < -0.3 is 15.4 Å². The number of hydrogen-bond donors (Lipinski definition) is 3. The summed E-state index contributed by atoms with van der Waals surface area (Å²) in [5.41, 5.74) is 1.38.